The number of carbonyl (C=O) groups is 1. The SMILES string of the molecule is CC(NS(=O)(=O)c1c(N)cc(Cl)cc1Cl)C(=O)NC1CC1. The largest absolute Gasteiger partial charge is 0.398 e. The first-order valence-electron chi connectivity index (χ1n) is 6.28. The Bertz CT molecular complexity index is 651. The Labute approximate surface area is 133 Å². The third-order valence-corrected chi connectivity index (χ3v) is 5.24. The van der Waals surface area contributed by atoms with E-state index in [0.717, 1.165) is 12.8 Å². The Hall–Kier alpha value is -1.02. The van der Waals surface area contributed by atoms with Gasteiger partial charge in [-0.2, -0.15) is 4.72 Å². The summed E-state index contributed by atoms with van der Waals surface area (Å²) in [6, 6.07) is 1.79. The predicted octanol–water partition coefficient (Wildman–Crippen LogP) is 1.52. The highest BCUT2D eigenvalue weighted by atomic mass is 35.5. The number of hydrogen-bond donors (Lipinski definition) is 3. The Morgan fingerprint density at radius 1 is 1.38 bits per heavy atom. The van der Waals surface area contributed by atoms with E-state index in [1.54, 1.807) is 0 Å². The van der Waals surface area contributed by atoms with Crippen LogP contribution in [0.3, 0.4) is 0 Å². The molecule has 0 heterocycles. The van der Waals surface area contributed by atoms with E-state index in [2.05, 4.69) is 10.0 Å². The van der Waals surface area contributed by atoms with Crippen molar-refractivity contribution in [1.82, 2.24) is 10.0 Å². The maximum absolute atomic E-state index is 12.3. The van der Waals surface area contributed by atoms with Gasteiger partial charge in [0, 0.05) is 11.1 Å². The van der Waals surface area contributed by atoms with Crippen LogP contribution in [-0.2, 0) is 14.8 Å². The van der Waals surface area contributed by atoms with Gasteiger partial charge in [-0.05, 0) is 31.9 Å². The summed E-state index contributed by atoms with van der Waals surface area (Å²) in [5.74, 6) is -0.385. The molecule has 0 saturated heterocycles. The first-order valence-corrected chi connectivity index (χ1v) is 8.52. The predicted molar refractivity (Wildman–Crippen MR) is 81.8 cm³/mol. The van der Waals surface area contributed by atoms with Gasteiger partial charge in [0.05, 0.1) is 16.8 Å². The molecule has 1 atom stereocenters. The third kappa shape index (κ3) is 4.00. The number of nitrogen functional groups attached to an aromatic ring is 1. The van der Waals surface area contributed by atoms with Gasteiger partial charge in [0.2, 0.25) is 15.9 Å². The summed E-state index contributed by atoms with van der Waals surface area (Å²) in [5.41, 5.74) is 5.59. The van der Waals surface area contributed by atoms with Crippen molar-refractivity contribution in [1.29, 1.82) is 0 Å². The van der Waals surface area contributed by atoms with Gasteiger partial charge in [0.1, 0.15) is 4.90 Å². The molecule has 21 heavy (non-hydrogen) atoms. The molecule has 1 amide bonds. The van der Waals surface area contributed by atoms with Gasteiger partial charge < -0.3 is 11.1 Å². The quantitative estimate of drug-likeness (QED) is 0.700. The second kappa shape index (κ2) is 6.00. The molecule has 116 valence electrons. The lowest BCUT2D eigenvalue weighted by molar-refractivity contribution is -0.122. The number of benzene rings is 1. The van der Waals surface area contributed by atoms with Gasteiger partial charge >= 0.3 is 0 Å². The molecule has 1 saturated carbocycles. The molecular formula is C12H15Cl2N3O3S. The lowest BCUT2D eigenvalue weighted by Gasteiger charge is -2.16. The number of sulfonamides is 1. The number of nitrogens with one attached hydrogen (secondary N) is 2. The molecule has 1 aromatic carbocycles. The summed E-state index contributed by atoms with van der Waals surface area (Å²) in [6.45, 7) is 1.45. The topological polar surface area (TPSA) is 101 Å². The number of amides is 1. The van der Waals surface area contributed by atoms with E-state index in [-0.39, 0.29) is 32.6 Å². The Morgan fingerprint density at radius 3 is 2.52 bits per heavy atom. The van der Waals surface area contributed by atoms with E-state index < -0.39 is 16.1 Å². The standard InChI is InChI=1S/C12H15Cl2N3O3S/c1-6(12(18)16-8-2-3-8)17-21(19,20)11-9(14)4-7(13)5-10(11)15/h4-6,8,17H,2-3,15H2,1H3,(H,16,18). The molecule has 1 aliphatic rings. The molecule has 0 bridgehead atoms. The molecule has 0 radical (unpaired) electrons. The van der Waals surface area contributed by atoms with E-state index in [1.165, 1.54) is 19.1 Å². The van der Waals surface area contributed by atoms with Crippen molar-refractivity contribution < 1.29 is 13.2 Å². The average Bonchev–Trinajstić information content (AvgIpc) is 3.09. The lowest BCUT2D eigenvalue weighted by Crippen LogP contribution is -2.45. The van der Waals surface area contributed by atoms with Crippen LogP contribution < -0.4 is 15.8 Å². The summed E-state index contributed by atoms with van der Waals surface area (Å²) < 4.78 is 26.9. The molecule has 1 aliphatic carbocycles. The van der Waals surface area contributed by atoms with Crippen LogP contribution in [0.4, 0.5) is 5.69 Å². The van der Waals surface area contributed by atoms with E-state index in [0.29, 0.717) is 0 Å². The minimum absolute atomic E-state index is 0.0743. The van der Waals surface area contributed by atoms with Gasteiger partial charge in [-0.15, -0.1) is 0 Å². The van der Waals surface area contributed by atoms with E-state index in [1.807, 2.05) is 0 Å². The Morgan fingerprint density at radius 2 is 2.00 bits per heavy atom. The number of halogens is 2. The van der Waals surface area contributed by atoms with Crippen molar-refractivity contribution in [3.63, 3.8) is 0 Å². The molecule has 0 aliphatic heterocycles. The molecule has 1 fully saturated rings. The smallest absolute Gasteiger partial charge is 0.244 e. The van der Waals surface area contributed by atoms with Crippen molar-refractivity contribution in [2.24, 2.45) is 0 Å². The highest BCUT2D eigenvalue weighted by Crippen LogP contribution is 2.31. The van der Waals surface area contributed by atoms with Crippen molar-refractivity contribution in [3.8, 4) is 0 Å². The molecule has 4 N–H and O–H groups in total. The number of rotatable bonds is 5. The zero-order chi connectivity index (χ0) is 15.8. The van der Waals surface area contributed by atoms with Gasteiger partial charge in [-0.25, -0.2) is 8.42 Å². The molecule has 2 rings (SSSR count). The van der Waals surface area contributed by atoms with Gasteiger partial charge in [0.15, 0.2) is 0 Å². The van der Waals surface area contributed by atoms with Crippen molar-refractivity contribution in [2.45, 2.75) is 36.7 Å². The van der Waals surface area contributed by atoms with E-state index >= 15 is 0 Å². The number of nitrogens with two attached hydrogens (primary N) is 1. The van der Waals surface area contributed by atoms with Crippen LogP contribution in [0.5, 0.6) is 0 Å². The number of anilines is 1. The van der Waals surface area contributed by atoms with Crippen LogP contribution in [0.2, 0.25) is 10.0 Å². The minimum Gasteiger partial charge on any atom is -0.398 e. The number of hydrogen-bond acceptors (Lipinski definition) is 4. The van der Waals surface area contributed by atoms with Crippen LogP contribution in [0.15, 0.2) is 17.0 Å². The molecule has 1 unspecified atom stereocenters. The highest BCUT2D eigenvalue weighted by molar-refractivity contribution is 7.89. The average molecular weight is 352 g/mol. The van der Waals surface area contributed by atoms with Crippen LogP contribution in [-0.4, -0.2) is 26.4 Å². The van der Waals surface area contributed by atoms with E-state index in [9.17, 15) is 13.2 Å². The first kappa shape index (κ1) is 16.4. The molecule has 0 aromatic heterocycles. The zero-order valence-electron chi connectivity index (χ0n) is 11.2. The highest BCUT2D eigenvalue weighted by Gasteiger charge is 2.29. The summed E-state index contributed by atoms with van der Waals surface area (Å²) in [7, 11) is -4.02. The molecule has 6 nitrogen and oxygen atoms in total. The molecule has 1 aromatic rings. The zero-order valence-corrected chi connectivity index (χ0v) is 13.5. The Kier molecular flexibility index (Phi) is 4.67. The first-order chi connectivity index (χ1) is 9.70. The third-order valence-electron chi connectivity index (χ3n) is 2.95. The van der Waals surface area contributed by atoms with Crippen LogP contribution in [0.25, 0.3) is 0 Å². The van der Waals surface area contributed by atoms with Crippen LogP contribution in [0.1, 0.15) is 19.8 Å². The normalized spacial score (nSPS) is 16.5. The second-order valence-corrected chi connectivity index (χ2v) is 7.43. The van der Waals surface area contributed by atoms with Crippen LogP contribution >= 0.6 is 23.2 Å². The molecule has 9 heteroatoms. The van der Waals surface area contributed by atoms with Crippen LogP contribution in [0, 0.1) is 0 Å². The lowest BCUT2D eigenvalue weighted by atomic mass is 10.3. The fraction of sp³-hybridized carbons (Fsp3) is 0.417. The fourth-order valence-corrected chi connectivity index (χ4v) is 3.95. The van der Waals surface area contributed by atoms with Gasteiger partial charge in [0.25, 0.3) is 0 Å². The summed E-state index contributed by atoms with van der Waals surface area (Å²) in [6.07, 6.45) is 1.84. The maximum Gasteiger partial charge on any atom is 0.244 e. The fourth-order valence-electron chi connectivity index (χ4n) is 1.76. The molecule has 0 spiro atoms. The summed E-state index contributed by atoms with van der Waals surface area (Å²) in [5, 5.41) is 2.85. The van der Waals surface area contributed by atoms with Crippen molar-refractivity contribution in [3.05, 3.63) is 22.2 Å². The summed E-state index contributed by atoms with van der Waals surface area (Å²) in [4.78, 5) is 11.5. The second-order valence-electron chi connectivity index (χ2n) is 4.93. The van der Waals surface area contributed by atoms with Gasteiger partial charge in [-0.3, -0.25) is 4.79 Å². The minimum atomic E-state index is -4.02. The molecular weight excluding hydrogens is 337 g/mol. The van der Waals surface area contributed by atoms with Gasteiger partial charge in [-0.1, -0.05) is 23.2 Å². The monoisotopic (exact) mass is 351 g/mol. The number of carbonyl (C=O) groups excluding carboxylic acids is 1. The van der Waals surface area contributed by atoms with Crippen molar-refractivity contribution >= 4 is 44.8 Å². The van der Waals surface area contributed by atoms with E-state index in [4.69, 9.17) is 28.9 Å². The van der Waals surface area contributed by atoms with Crippen molar-refractivity contribution in [2.75, 3.05) is 5.73 Å². The Balaban J connectivity index is 2.20. The summed E-state index contributed by atoms with van der Waals surface area (Å²) >= 11 is 11.6. The maximum atomic E-state index is 12.3.